The van der Waals surface area contributed by atoms with Gasteiger partial charge in [-0.1, -0.05) is 23.2 Å². The number of ether oxygens (including phenoxy) is 1. The van der Waals surface area contributed by atoms with E-state index in [1.165, 1.54) is 0 Å². The van der Waals surface area contributed by atoms with E-state index in [0.29, 0.717) is 43.5 Å². The van der Waals surface area contributed by atoms with Gasteiger partial charge in [-0.05, 0) is 56.4 Å². The van der Waals surface area contributed by atoms with Gasteiger partial charge in [-0.3, -0.25) is 0 Å². The summed E-state index contributed by atoms with van der Waals surface area (Å²) in [5.41, 5.74) is 1.70. The van der Waals surface area contributed by atoms with Gasteiger partial charge in [0.05, 0.1) is 17.2 Å². The van der Waals surface area contributed by atoms with Gasteiger partial charge in [-0.15, -0.1) is 0 Å². The fourth-order valence-electron chi connectivity index (χ4n) is 2.73. The van der Waals surface area contributed by atoms with Crippen molar-refractivity contribution in [3.63, 3.8) is 0 Å². The van der Waals surface area contributed by atoms with E-state index in [4.69, 9.17) is 44.6 Å². The van der Waals surface area contributed by atoms with Crippen molar-refractivity contribution in [2.75, 3.05) is 6.61 Å². The fourth-order valence-corrected chi connectivity index (χ4v) is 3.38. The topological polar surface area (TPSA) is 63.5 Å². The van der Waals surface area contributed by atoms with Crippen molar-refractivity contribution in [1.29, 1.82) is 0 Å². The van der Waals surface area contributed by atoms with Gasteiger partial charge in [-0.2, -0.15) is 0 Å². The highest BCUT2D eigenvalue weighted by Crippen LogP contribution is 2.35. The molecule has 136 valence electrons. The van der Waals surface area contributed by atoms with E-state index in [9.17, 15) is 4.79 Å². The molecule has 0 fully saturated rings. The van der Waals surface area contributed by atoms with Crippen LogP contribution in [0.25, 0.3) is 11.3 Å². The van der Waals surface area contributed by atoms with Gasteiger partial charge in [0.25, 0.3) is 0 Å². The Balaban J connectivity index is 2.01. The number of hydrogen-bond donors (Lipinski definition) is 2. The first-order valence-electron chi connectivity index (χ1n) is 7.91. The minimum Gasteiger partial charge on any atom is -0.463 e. The molecule has 1 aromatic heterocycles. The van der Waals surface area contributed by atoms with Gasteiger partial charge in [-0.25, -0.2) is 4.79 Å². The normalized spacial score (nSPS) is 16.9. The van der Waals surface area contributed by atoms with E-state index in [1.54, 1.807) is 44.2 Å². The summed E-state index contributed by atoms with van der Waals surface area (Å²) >= 11 is 17.5. The van der Waals surface area contributed by atoms with Crippen LogP contribution in [0.1, 0.15) is 25.6 Å². The number of halogens is 2. The SMILES string of the molecule is CCOC(=O)C1=C(C)NC(=S)N[C@@H]1c1ccc(-c2cc(Cl)ccc2Cl)o1. The number of nitrogens with one attached hydrogen (secondary N) is 2. The summed E-state index contributed by atoms with van der Waals surface area (Å²) in [6, 6.07) is 8.11. The molecule has 1 aromatic carbocycles. The van der Waals surface area contributed by atoms with Crippen LogP contribution in [-0.2, 0) is 9.53 Å². The first kappa shape index (κ1) is 18.8. The van der Waals surface area contributed by atoms with Crippen molar-refractivity contribution in [1.82, 2.24) is 10.6 Å². The van der Waals surface area contributed by atoms with Crippen molar-refractivity contribution in [2.24, 2.45) is 0 Å². The highest BCUT2D eigenvalue weighted by molar-refractivity contribution is 7.80. The van der Waals surface area contributed by atoms with E-state index in [-0.39, 0.29) is 6.61 Å². The molecule has 0 saturated carbocycles. The zero-order valence-corrected chi connectivity index (χ0v) is 16.4. The summed E-state index contributed by atoms with van der Waals surface area (Å²) in [5.74, 6) is 0.623. The summed E-state index contributed by atoms with van der Waals surface area (Å²) in [5, 5.41) is 7.46. The van der Waals surface area contributed by atoms with Crippen LogP contribution in [0.3, 0.4) is 0 Å². The van der Waals surface area contributed by atoms with E-state index >= 15 is 0 Å². The molecule has 2 N–H and O–H groups in total. The molecule has 5 nitrogen and oxygen atoms in total. The maximum absolute atomic E-state index is 12.4. The average molecular weight is 411 g/mol. The molecule has 2 aromatic rings. The Bertz CT molecular complexity index is 908. The fraction of sp³-hybridized carbons (Fsp3) is 0.222. The smallest absolute Gasteiger partial charge is 0.338 e. The maximum atomic E-state index is 12.4. The molecule has 0 amide bonds. The van der Waals surface area contributed by atoms with Crippen LogP contribution in [0.5, 0.6) is 0 Å². The molecular weight excluding hydrogens is 395 g/mol. The molecule has 1 aliphatic rings. The second-order valence-corrected chi connectivity index (χ2v) is 6.87. The quantitative estimate of drug-likeness (QED) is 0.566. The molecule has 1 aliphatic heterocycles. The molecule has 0 saturated heterocycles. The molecular formula is C18H16Cl2N2O3S. The Morgan fingerprint density at radius 2 is 2.08 bits per heavy atom. The average Bonchev–Trinajstić information content (AvgIpc) is 3.06. The van der Waals surface area contributed by atoms with Gasteiger partial charge in [0.1, 0.15) is 17.6 Å². The van der Waals surface area contributed by atoms with Crippen LogP contribution in [0, 0.1) is 0 Å². The molecule has 0 spiro atoms. The van der Waals surface area contributed by atoms with Crippen LogP contribution in [0.15, 0.2) is 46.0 Å². The van der Waals surface area contributed by atoms with Crippen molar-refractivity contribution < 1.29 is 13.9 Å². The van der Waals surface area contributed by atoms with Gasteiger partial charge in [0.2, 0.25) is 0 Å². The van der Waals surface area contributed by atoms with Crippen LogP contribution in [0.2, 0.25) is 10.0 Å². The van der Waals surface area contributed by atoms with Gasteiger partial charge >= 0.3 is 5.97 Å². The first-order valence-corrected chi connectivity index (χ1v) is 9.07. The maximum Gasteiger partial charge on any atom is 0.338 e. The van der Waals surface area contributed by atoms with Gasteiger partial charge in [0, 0.05) is 16.3 Å². The predicted molar refractivity (Wildman–Crippen MR) is 105 cm³/mol. The number of furan rings is 1. The lowest BCUT2D eigenvalue weighted by atomic mass is 10.0. The third-order valence-corrected chi connectivity index (χ3v) is 4.65. The summed E-state index contributed by atoms with van der Waals surface area (Å²) in [6.45, 7) is 3.79. The minimum atomic E-state index is -0.561. The molecule has 1 atom stereocenters. The van der Waals surface area contributed by atoms with E-state index in [1.807, 2.05) is 0 Å². The van der Waals surface area contributed by atoms with Crippen molar-refractivity contribution in [2.45, 2.75) is 19.9 Å². The zero-order chi connectivity index (χ0) is 18.8. The van der Waals surface area contributed by atoms with Crippen molar-refractivity contribution >= 4 is 46.5 Å². The number of benzene rings is 1. The van der Waals surface area contributed by atoms with Crippen LogP contribution in [-0.4, -0.2) is 17.7 Å². The van der Waals surface area contributed by atoms with Crippen molar-refractivity contribution in [3.8, 4) is 11.3 Å². The largest absolute Gasteiger partial charge is 0.463 e. The summed E-state index contributed by atoms with van der Waals surface area (Å²) < 4.78 is 11.1. The molecule has 3 rings (SSSR count). The molecule has 0 bridgehead atoms. The number of carbonyl (C=O) groups excluding carboxylic acids is 1. The first-order chi connectivity index (χ1) is 12.4. The van der Waals surface area contributed by atoms with Crippen LogP contribution < -0.4 is 10.6 Å². The third-order valence-electron chi connectivity index (χ3n) is 3.87. The lowest BCUT2D eigenvalue weighted by Gasteiger charge is -2.28. The number of thiocarbonyl (C=S) groups is 1. The van der Waals surface area contributed by atoms with Crippen LogP contribution in [0.4, 0.5) is 0 Å². The number of hydrogen-bond acceptors (Lipinski definition) is 4. The Morgan fingerprint density at radius 3 is 2.81 bits per heavy atom. The summed E-state index contributed by atoms with van der Waals surface area (Å²) in [4.78, 5) is 12.4. The molecule has 0 aliphatic carbocycles. The second-order valence-electron chi connectivity index (χ2n) is 5.62. The van der Waals surface area contributed by atoms with Gasteiger partial charge in [0.15, 0.2) is 5.11 Å². The second kappa shape index (κ2) is 7.70. The molecule has 2 heterocycles. The van der Waals surface area contributed by atoms with E-state index < -0.39 is 12.0 Å². The standard InChI is InChI=1S/C18H16Cl2N2O3S/c1-3-24-17(23)15-9(2)21-18(26)22-16(15)14-7-6-13(25-14)11-8-10(19)4-5-12(11)20/h4-8,16H,3H2,1-2H3,(H2,21,22,26)/t16-/m1/s1. The van der Waals surface area contributed by atoms with E-state index in [0.717, 1.165) is 0 Å². The van der Waals surface area contributed by atoms with Gasteiger partial charge < -0.3 is 19.8 Å². The zero-order valence-electron chi connectivity index (χ0n) is 14.1. The minimum absolute atomic E-state index is 0.272. The monoisotopic (exact) mass is 410 g/mol. The summed E-state index contributed by atoms with van der Waals surface area (Å²) in [7, 11) is 0. The lowest BCUT2D eigenvalue weighted by molar-refractivity contribution is -0.139. The molecule has 8 heteroatoms. The summed E-state index contributed by atoms with van der Waals surface area (Å²) in [6.07, 6.45) is 0. The number of carbonyl (C=O) groups is 1. The highest BCUT2D eigenvalue weighted by Gasteiger charge is 2.33. The lowest BCUT2D eigenvalue weighted by Crippen LogP contribution is -2.45. The van der Waals surface area contributed by atoms with E-state index in [2.05, 4.69) is 10.6 Å². The Hall–Kier alpha value is -2.02. The number of rotatable bonds is 4. The molecule has 0 radical (unpaired) electrons. The third kappa shape index (κ3) is 3.72. The Kier molecular flexibility index (Phi) is 5.55. The predicted octanol–water partition coefficient (Wildman–Crippen LogP) is 4.61. The van der Waals surface area contributed by atoms with Crippen LogP contribution >= 0.6 is 35.4 Å². The number of esters is 1. The Labute approximate surface area is 166 Å². The molecule has 26 heavy (non-hydrogen) atoms. The Morgan fingerprint density at radius 1 is 1.31 bits per heavy atom. The van der Waals surface area contributed by atoms with Crippen molar-refractivity contribution in [3.05, 3.63) is 57.4 Å². The molecule has 0 unspecified atom stereocenters. The highest BCUT2D eigenvalue weighted by atomic mass is 35.5. The number of allylic oxidation sites excluding steroid dienone is 1.